The second kappa shape index (κ2) is 7.02. The van der Waals surface area contributed by atoms with E-state index in [-0.39, 0.29) is 5.78 Å². The van der Waals surface area contributed by atoms with E-state index in [1.54, 1.807) is 36.6 Å². The molecule has 27 heavy (non-hydrogen) atoms. The van der Waals surface area contributed by atoms with Crippen molar-refractivity contribution >= 4 is 44.4 Å². The van der Waals surface area contributed by atoms with E-state index in [4.69, 9.17) is 15.2 Å². The van der Waals surface area contributed by atoms with Crippen molar-refractivity contribution in [2.75, 3.05) is 20.0 Å². The van der Waals surface area contributed by atoms with Crippen LogP contribution < -0.4 is 15.2 Å². The van der Waals surface area contributed by atoms with Gasteiger partial charge in [-0.1, -0.05) is 6.07 Å². The van der Waals surface area contributed by atoms with E-state index < -0.39 is 0 Å². The monoisotopic (exact) mass is 396 g/mol. The van der Waals surface area contributed by atoms with E-state index in [0.717, 1.165) is 20.8 Å². The van der Waals surface area contributed by atoms with E-state index in [0.29, 0.717) is 27.6 Å². The van der Waals surface area contributed by atoms with Crippen LogP contribution in [0.3, 0.4) is 0 Å². The number of nitrogen functional groups attached to an aromatic ring is 1. The van der Waals surface area contributed by atoms with Crippen LogP contribution in [0, 0.1) is 0 Å². The molecule has 7 heteroatoms. The standard InChI is InChI=1S/C20H16N2O3S2/c1-24-14-8-5-11(10-15(14)25-2)18(23)19-17(21)12-6-7-13(22-20(12)27-19)16-4-3-9-26-16/h3-10H,21H2,1-2H3. The molecule has 4 rings (SSSR count). The fourth-order valence-electron chi connectivity index (χ4n) is 2.84. The molecule has 5 nitrogen and oxygen atoms in total. The fourth-order valence-corrected chi connectivity index (χ4v) is 4.59. The van der Waals surface area contributed by atoms with Crippen LogP contribution in [0.1, 0.15) is 15.2 Å². The van der Waals surface area contributed by atoms with Crippen molar-refractivity contribution in [1.82, 2.24) is 4.98 Å². The average Bonchev–Trinajstić information content (AvgIpc) is 3.35. The highest BCUT2D eigenvalue weighted by Gasteiger charge is 2.20. The van der Waals surface area contributed by atoms with E-state index >= 15 is 0 Å². The Labute approximate surface area is 164 Å². The Morgan fingerprint density at radius 1 is 1.07 bits per heavy atom. The molecule has 0 spiro atoms. The lowest BCUT2D eigenvalue weighted by Crippen LogP contribution is -2.03. The topological polar surface area (TPSA) is 74.4 Å². The molecule has 0 fully saturated rings. The molecule has 0 saturated heterocycles. The maximum Gasteiger partial charge on any atom is 0.205 e. The van der Waals surface area contributed by atoms with Crippen LogP contribution in [-0.2, 0) is 0 Å². The summed E-state index contributed by atoms with van der Waals surface area (Å²) in [5.41, 5.74) is 8.10. The third-order valence-corrected chi connectivity index (χ3v) is 6.23. The first-order valence-electron chi connectivity index (χ1n) is 8.12. The number of pyridine rings is 1. The van der Waals surface area contributed by atoms with Crippen LogP contribution in [0.5, 0.6) is 11.5 Å². The zero-order valence-electron chi connectivity index (χ0n) is 14.7. The Bertz CT molecular complexity index is 1130. The number of nitrogens with two attached hydrogens (primary N) is 1. The minimum Gasteiger partial charge on any atom is -0.493 e. The molecule has 2 N–H and O–H groups in total. The number of nitrogens with zero attached hydrogens (tertiary/aromatic N) is 1. The lowest BCUT2D eigenvalue weighted by atomic mass is 10.1. The maximum absolute atomic E-state index is 13.0. The van der Waals surface area contributed by atoms with Crippen LogP contribution in [0.15, 0.2) is 47.8 Å². The van der Waals surface area contributed by atoms with Gasteiger partial charge >= 0.3 is 0 Å². The van der Waals surface area contributed by atoms with Gasteiger partial charge in [0.15, 0.2) is 11.5 Å². The zero-order chi connectivity index (χ0) is 19.0. The number of hydrogen-bond acceptors (Lipinski definition) is 7. The summed E-state index contributed by atoms with van der Waals surface area (Å²) >= 11 is 2.93. The van der Waals surface area contributed by atoms with Gasteiger partial charge in [0.1, 0.15) is 9.71 Å². The van der Waals surface area contributed by atoms with Gasteiger partial charge in [0, 0.05) is 10.9 Å². The van der Waals surface area contributed by atoms with Gasteiger partial charge in [0.2, 0.25) is 5.78 Å². The second-order valence-electron chi connectivity index (χ2n) is 5.77. The van der Waals surface area contributed by atoms with Gasteiger partial charge < -0.3 is 15.2 Å². The Hall–Kier alpha value is -2.90. The summed E-state index contributed by atoms with van der Waals surface area (Å²) in [5.74, 6) is 0.913. The van der Waals surface area contributed by atoms with Crippen LogP contribution in [-0.4, -0.2) is 25.0 Å². The summed E-state index contributed by atoms with van der Waals surface area (Å²) in [6.45, 7) is 0. The van der Waals surface area contributed by atoms with Crippen molar-refractivity contribution in [3.05, 3.63) is 58.3 Å². The quantitative estimate of drug-likeness (QED) is 0.488. The van der Waals surface area contributed by atoms with Crippen molar-refractivity contribution in [3.8, 4) is 22.1 Å². The van der Waals surface area contributed by atoms with Gasteiger partial charge in [-0.25, -0.2) is 4.98 Å². The van der Waals surface area contributed by atoms with E-state index in [9.17, 15) is 4.79 Å². The number of hydrogen-bond donors (Lipinski definition) is 1. The summed E-state index contributed by atoms with van der Waals surface area (Å²) in [6.07, 6.45) is 0. The highest BCUT2D eigenvalue weighted by molar-refractivity contribution is 7.21. The molecule has 0 radical (unpaired) electrons. The first kappa shape index (κ1) is 17.5. The molecule has 0 aliphatic carbocycles. The third-order valence-electron chi connectivity index (χ3n) is 4.22. The van der Waals surface area contributed by atoms with Gasteiger partial charge in [-0.05, 0) is 41.8 Å². The van der Waals surface area contributed by atoms with Crippen molar-refractivity contribution in [2.24, 2.45) is 0 Å². The van der Waals surface area contributed by atoms with E-state index in [1.165, 1.54) is 18.4 Å². The molecule has 0 bridgehead atoms. The highest BCUT2D eigenvalue weighted by Crippen LogP contribution is 2.37. The number of rotatable bonds is 5. The molecule has 0 atom stereocenters. The smallest absolute Gasteiger partial charge is 0.205 e. The summed E-state index contributed by atoms with van der Waals surface area (Å²) in [5, 5.41) is 2.81. The Morgan fingerprint density at radius 2 is 1.89 bits per heavy atom. The molecule has 0 aliphatic rings. The van der Waals surface area contributed by atoms with Gasteiger partial charge in [-0.3, -0.25) is 4.79 Å². The number of anilines is 1. The Kier molecular flexibility index (Phi) is 4.55. The summed E-state index contributed by atoms with van der Waals surface area (Å²) in [6, 6.07) is 12.9. The van der Waals surface area contributed by atoms with Crippen molar-refractivity contribution in [2.45, 2.75) is 0 Å². The number of thiophene rings is 2. The number of carbonyl (C=O) groups excluding carboxylic acids is 1. The molecular formula is C20H16N2O3S2. The molecule has 0 amide bonds. The number of methoxy groups -OCH3 is 2. The first-order chi connectivity index (χ1) is 13.1. The van der Waals surface area contributed by atoms with Gasteiger partial charge in [-0.15, -0.1) is 22.7 Å². The summed E-state index contributed by atoms with van der Waals surface area (Å²) in [7, 11) is 3.09. The third kappa shape index (κ3) is 3.05. The Balaban J connectivity index is 1.77. The fraction of sp³-hybridized carbons (Fsp3) is 0.100. The number of fused-ring (bicyclic) bond motifs is 1. The molecule has 0 unspecified atom stereocenters. The molecule has 0 saturated carbocycles. The van der Waals surface area contributed by atoms with Crippen LogP contribution >= 0.6 is 22.7 Å². The van der Waals surface area contributed by atoms with Crippen molar-refractivity contribution < 1.29 is 14.3 Å². The maximum atomic E-state index is 13.0. The summed E-state index contributed by atoms with van der Waals surface area (Å²) < 4.78 is 10.5. The zero-order valence-corrected chi connectivity index (χ0v) is 16.3. The lowest BCUT2D eigenvalue weighted by molar-refractivity contribution is 0.104. The minimum absolute atomic E-state index is 0.158. The molecule has 3 aromatic heterocycles. The second-order valence-corrected chi connectivity index (χ2v) is 7.72. The van der Waals surface area contributed by atoms with Crippen molar-refractivity contribution in [3.63, 3.8) is 0 Å². The number of benzene rings is 1. The summed E-state index contributed by atoms with van der Waals surface area (Å²) in [4.78, 5) is 20.0. The van der Waals surface area contributed by atoms with E-state index in [2.05, 4.69) is 4.98 Å². The minimum atomic E-state index is -0.158. The predicted molar refractivity (Wildman–Crippen MR) is 110 cm³/mol. The average molecular weight is 396 g/mol. The normalized spacial score (nSPS) is 10.9. The number of aromatic nitrogens is 1. The lowest BCUT2D eigenvalue weighted by Gasteiger charge is -2.08. The predicted octanol–water partition coefficient (Wildman–Crippen LogP) is 4.86. The molecular weight excluding hydrogens is 380 g/mol. The Morgan fingerprint density at radius 3 is 2.59 bits per heavy atom. The van der Waals surface area contributed by atoms with Crippen LogP contribution in [0.25, 0.3) is 20.8 Å². The van der Waals surface area contributed by atoms with Crippen LogP contribution in [0.2, 0.25) is 0 Å². The van der Waals surface area contributed by atoms with Gasteiger partial charge in [0.05, 0.1) is 30.5 Å². The largest absolute Gasteiger partial charge is 0.493 e. The SMILES string of the molecule is COc1ccc(C(=O)c2sc3nc(-c4cccs4)ccc3c2N)cc1OC. The highest BCUT2D eigenvalue weighted by atomic mass is 32.1. The number of ether oxygens (including phenoxy) is 2. The number of ketones is 1. The van der Waals surface area contributed by atoms with Crippen molar-refractivity contribution in [1.29, 1.82) is 0 Å². The van der Waals surface area contributed by atoms with Gasteiger partial charge in [0.25, 0.3) is 0 Å². The molecule has 136 valence electrons. The van der Waals surface area contributed by atoms with E-state index in [1.807, 2.05) is 29.6 Å². The van der Waals surface area contributed by atoms with Crippen LogP contribution in [0.4, 0.5) is 5.69 Å². The molecule has 1 aromatic carbocycles. The molecule has 0 aliphatic heterocycles. The molecule has 3 heterocycles. The van der Waals surface area contributed by atoms with Gasteiger partial charge in [-0.2, -0.15) is 0 Å². The molecule has 4 aromatic rings. The number of carbonyl (C=O) groups is 1. The first-order valence-corrected chi connectivity index (χ1v) is 9.81.